The molecular formula is C44H54IrNO2S3-. The fourth-order valence-corrected chi connectivity index (χ4v) is 9.74. The molecule has 0 saturated heterocycles. The van der Waals surface area contributed by atoms with E-state index in [4.69, 9.17) is 4.98 Å². The molecule has 0 aliphatic rings. The number of rotatable bonds is 10. The number of fused-ring (bicyclic) bond motifs is 5. The van der Waals surface area contributed by atoms with Gasteiger partial charge in [0.05, 0.1) is 0 Å². The van der Waals surface area contributed by atoms with Gasteiger partial charge in [-0.2, -0.15) is 11.3 Å². The molecule has 6 rings (SSSR count). The number of carbonyl (C=O) groups is 1. The van der Waals surface area contributed by atoms with Crippen LogP contribution < -0.4 is 0 Å². The fourth-order valence-electron chi connectivity index (χ4n) is 6.44. The van der Waals surface area contributed by atoms with Gasteiger partial charge in [-0.3, -0.25) is 9.78 Å². The summed E-state index contributed by atoms with van der Waals surface area (Å²) >= 11 is 5.56. The summed E-state index contributed by atoms with van der Waals surface area (Å²) in [6, 6.07) is 15.2. The van der Waals surface area contributed by atoms with Crippen molar-refractivity contribution in [3.8, 4) is 11.3 Å². The van der Waals surface area contributed by atoms with Crippen LogP contribution >= 0.6 is 34.0 Å². The Morgan fingerprint density at radius 2 is 1.51 bits per heavy atom. The number of hydrogen-bond donors (Lipinski definition) is 1. The standard InChI is InChI=1S/C29H26NS3.C15H28O2.Ir/c1-16(2)10-19-15-32-24-14-22-20-6-8-30-26(28(20)33-25(22)13-21(19)24)18-11-17-7-9-31-27(17)23(12-18)29(3,4)5;1-7-14(5,8-2)12(16)11-13(17)15(6,9-3)10-4;/h6-9,12-16H,10H2,1-5H3;11,16H,7-10H2,1-6H3;/q-1;;/b;12-11-;. The first-order valence-electron chi connectivity index (χ1n) is 18.2. The van der Waals surface area contributed by atoms with E-state index in [1.807, 2.05) is 81.7 Å². The average molecular weight is 917 g/mol. The van der Waals surface area contributed by atoms with Gasteiger partial charge in [0.1, 0.15) is 5.76 Å². The van der Waals surface area contributed by atoms with E-state index in [1.54, 1.807) is 0 Å². The number of aliphatic hydroxyl groups is 1. The molecule has 4 aromatic heterocycles. The first-order valence-corrected chi connectivity index (χ1v) is 20.8. The van der Waals surface area contributed by atoms with E-state index in [2.05, 4.69) is 81.8 Å². The minimum atomic E-state index is -0.337. The number of benzene rings is 2. The van der Waals surface area contributed by atoms with Crippen molar-refractivity contribution < 1.29 is 30.0 Å². The summed E-state index contributed by atoms with van der Waals surface area (Å²) in [5.74, 6) is 0.949. The van der Waals surface area contributed by atoms with Crippen molar-refractivity contribution in [1.29, 1.82) is 0 Å². The van der Waals surface area contributed by atoms with Crippen molar-refractivity contribution in [2.75, 3.05) is 0 Å². The average Bonchev–Trinajstić information content (AvgIpc) is 3.82. The van der Waals surface area contributed by atoms with Crippen molar-refractivity contribution in [1.82, 2.24) is 4.98 Å². The van der Waals surface area contributed by atoms with Gasteiger partial charge in [-0.05, 0) is 93.4 Å². The van der Waals surface area contributed by atoms with Crippen molar-refractivity contribution in [3.63, 3.8) is 0 Å². The van der Waals surface area contributed by atoms with Crippen LogP contribution in [0.5, 0.6) is 0 Å². The van der Waals surface area contributed by atoms with Gasteiger partial charge in [0.15, 0.2) is 5.78 Å². The molecular weight excluding hydrogens is 863 g/mol. The molecule has 1 N–H and O–H groups in total. The quantitative estimate of drug-likeness (QED) is 0.0846. The van der Waals surface area contributed by atoms with E-state index in [0.29, 0.717) is 5.92 Å². The zero-order valence-electron chi connectivity index (χ0n) is 32.2. The maximum absolute atomic E-state index is 12.2. The zero-order valence-corrected chi connectivity index (χ0v) is 37.0. The topological polar surface area (TPSA) is 50.2 Å². The van der Waals surface area contributed by atoms with Crippen LogP contribution in [0.1, 0.15) is 113 Å². The molecule has 0 fully saturated rings. The van der Waals surface area contributed by atoms with Crippen LogP contribution in [0.4, 0.5) is 0 Å². The Balaban J connectivity index is 0.000000279. The number of hydrogen-bond acceptors (Lipinski definition) is 6. The minimum absolute atomic E-state index is 0. The van der Waals surface area contributed by atoms with Crippen LogP contribution in [-0.4, -0.2) is 15.9 Å². The summed E-state index contributed by atoms with van der Waals surface area (Å²) in [5, 5.41) is 19.9. The molecule has 0 aliphatic carbocycles. The van der Waals surface area contributed by atoms with Crippen LogP contribution in [0, 0.1) is 22.8 Å². The fraction of sp³-hybridized carbons (Fsp3) is 0.455. The van der Waals surface area contributed by atoms with Crippen LogP contribution in [0.15, 0.2) is 59.1 Å². The van der Waals surface area contributed by atoms with E-state index in [0.717, 1.165) is 43.4 Å². The Morgan fingerprint density at radius 1 is 0.863 bits per heavy atom. The van der Waals surface area contributed by atoms with E-state index < -0.39 is 0 Å². The molecule has 0 spiro atoms. The Bertz CT molecular complexity index is 2170. The van der Waals surface area contributed by atoms with Gasteiger partial charge < -0.3 is 5.11 Å². The van der Waals surface area contributed by atoms with Gasteiger partial charge in [0.25, 0.3) is 0 Å². The third-order valence-electron chi connectivity index (χ3n) is 10.9. The SMILES string of the molecule is CC(C)Cc1csc2cc3c(cc12)sc1c(-c2[c-]c4ccsc4c(C(C)(C)C)c2)nccc13.CCC(C)(CC)C(=O)/C=C(\O)C(C)(CC)CC.[Ir]. The van der Waals surface area contributed by atoms with E-state index in [9.17, 15) is 9.90 Å². The number of aliphatic hydroxyl groups excluding tert-OH is 1. The first kappa shape index (κ1) is 41.3. The maximum Gasteiger partial charge on any atom is 0.164 e. The Kier molecular flexibility index (Phi) is 13.2. The molecule has 0 aliphatic heterocycles. The van der Waals surface area contributed by atoms with Gasteiger partial charge in [-0.15, -0.1) is 46.3 Å². The molecule has 4 heterocycles. The van der Waals surface area contributed by atoms with Gasteiger partial charge in [-0.1, -0.05) is 87.3 Å². The molecule has 1 radical (unpaired) electrons. The maximum atomic E-state index is 12.2. The summed E-state index contributed by atoms with van der Waals surface area (Å²) < 4.78 is 5.34. The number of pyridine rings is 1. The molecule has 0 saturated carbocycles. The van der Waals surface area contributed by atoms with Crippen molar-refractivity contribution in [2.45, 2.75) is 114 Å². The second-order valence-corrected chi connectivity index (χ2v) is 18.7. The minimum Gasteiger partial charge on any atom is -0.512 e. The molecule has 0 unspecified atom stereocenters. The molecule has 2 aromatic carbocycles. The van der Waals surface area contributed by atoms with E-state index in [-0.39, 0.29) is 47.9 Å². The van der Waals surface area contributed by atoms with Crippen molar-refractivity contribution in [3.05, 3.63) is 76.3 Å². The summed E-state index contributed by atoms with van der Waals surface area (Å²) in [5.41, 5.74) is 4.48. The Labute approximate surface area is 330 Å². The smallest absolute Gasteiger partial charge is 0.164 e. The van der Waals surface area contributed by atoms with Crippen LogP contribution in [0.2, 0.25) is 0 Å². The largest absolute Gasteiger partial charge is 0.512 e. The van der Waals surface area contributed by atoms with Crippen LogP contribution in [0.25, 0.3) is 51.6 Å². The van der Waals surface area contributed by atoms with Gasteiger partial charge >= 0.3 is 0 Å². The number of nitrogens with zero attached hydrogens (tertiary/aromatic N) is 1. The first-order chi connectivity index (χ1) is 23.6. The van der Waals surface area contributed by atoms with Crippen molar-refractivity contribution in [2.24, 2.45) is 16.7 Å². The number of carbonyl (C=O) groups excluding carboxylic acids is 1. The van der Waals surface area contributed by atoms with Crippen molar-refractivity contribution >= 4 is 80.1 Å². The van der Waals surface area contributed by atoms with Gasteiger partial charge in [0, 0.05) is 68.4 Å². The summed E-state index contributed by atoms with van der Waals surface area (Å²) in [6.45, 7) is 23.6. The predicted molar refractivity (Wildman–Crippen MR) is 223 cm³/mol. The molecule has 0 atom stereocenters. The molecule has 3 nitrogen and oxygen atoms in total. The number of allylic oxidation sites excluding steroid dienone is 2. The number of aromatic nitrogens is 1. The second kappa shape index (κ2) is 16.3. The molecule has 0 bridgehead atoms. The summed E-state index contributed by atoms with van der Waals surface area (Å²) in [7, 11) is 0. The van der Waals surface area contributed by atoms with Crippen LogP contribution in [-0.2, 0) is 36.7 Å². The predicted octanol–water partition coefficient (Wildman–Crippen LogP) is 14.5. The summed E-state index contributed by atoms with van der Waals surface area (Å²) in [4.78, 5) is 17.1. The Morgan fingerprint density at radius 3 is 2.12 bits per heavy atom. The van der Waals surface area contributed by atoms with E-state index >= 15 is 0 Å². The van der Waals surface area contributed by atoms with E-state index in [1.165, 1.54) is 57.5 Å². The monoisotopic (exact) mass is 917 g/mol. The van der Waals surface area contributed by atoms with Gasteiger partial charge in [0.2, 0.25) is 0 Å². The number of thiophene rings is 3. The van der Waals surface area contributed by atoms with Gasteiger partial charge in [-0.25, -0.2) is 0 Å². The molecule has 7 heteroatoms. The summed E-state index contributed by atoms with van der Waals surface area (Å²) in [6.07, 6.45) is 7.85. The second-order valence-electron chi connectivity index (χ2n) is 15.8. The molecule has 275 valence electrons. The third kappa shape index (κ3) is 8.39. The normalized spacial score (nSPS) is 12.9. The molecule has 0 amide bonds. The molecule has 6 aromatic rings. The van der Waals surface area contributed by atoms with Crippen LogP contribution in [0.3, 0.4) is 0 Å². The third-order valence-corrected chi connectivity index (χ3v) is 14.0. The Hall–Kier alpha value is -2.41. The molecule has 51 heavy (non-hydrogen) atoms. The zero-order chi connectivity index (χ0) is 36.6. The number of ketones is 1.